The van der Waals surface area contributed by atoms with E-state index < -0.39 is 0 Å². The predicted octanol–water partition coefficient (Wildman–Crippen LogP) is 13.9. The third-order valence-electron chi connectivity index (χ3n) is 11.0. The summed E-state index contributed by atoms with van der Waals surface area (Å²) in [5.74, 6) is 1.82. The van der Waals surface area contributed by atoms with E-state index in [2.05, 4.69) is 168 Å². The second-order valence-corrected chi connectivity index (χ2v) is 15.5. The van der Waals surface area contributed by atoms with Crippen molar-refractivity contribution in [1.29, 1.82) is 0 Å². The lowest BCUT2D eigenvalue weighted by molar-refractivity contribution is 0.669. The second-order valence-electron chi connectivity index (χ2n) is 14.4. The van der Waals surface area contributed by atoms with Crippen molar-refractivity contribution in [3.05, 3.63) is 182 Å². The van der Waals surface area contributed by atoms with E-state index in [1.165, 1.54) is 25.6 Å². The molecule has 6 heteroatoms. The molecule has 4 heterocycles. The molecule has 0 amide bonds. The van der Waals surface area contributed by atoms with Crippen LogP contribution in [0.15, 0.2) is 186 Å². The normalized spacial score (nSPS) is 11.9. The number of hydrogen-bond acceptors (Lipinski definition) is 5. The van der Waals surface area contributed by atoms with Gasteiger partial charge in [-0.15, -0.1) is 11.3 Å². The molecular formula is C51H30N4OS. The van der Waals surface area contributed by atoms with Crippen LogP contribution in [0, 0.1) is 0 Å². The molecule has 0 N–H and O–H groups in total. The number of nitrogens with zero attached hydrogens (tertiary/aromatic N) is 4. The monoisotopic (exact) mass is 746 g/mol. The number of fused-ring (bicyclic) bond motifs is 9. The van der Waals surface area contributed by atoms with Crippen LogP contribution < -0.4 is 0 Å². The van der Waals surface area contributed by atoms with Crippen LogP contribution in [0.5, 0.6) is 0 Å². The Kier molecular flexibility index (Phi) is 7.03. The Hall–Kier alpha value is -7.41. The molecular weight excluding hydrogens is 717 g/mol. The SMILES string of the molecule is c1ccc(-c2cccc(-c3nc(-c4ccc5sc6ccccc6c5c4)nc(-c4cccc5oc6cc7c8ccccc8n(-c8ccccc8)c7cc6c45)n3)c2)cc1. The molecule has 8 aromatic carbocycles. The zero-order chi connectivity index (χ0) is 37.5. The van der Waals surface area contributed by atoms with Crippen LogP contribution in [-0.2, 0) is 0 Å². The van der Waals surface area contributed by atoms with Crippen LogP contribution in [0.25, 0.3) is 115 Å². The fraction of sp³-hybridized carbons (Fsp3) is 0. The van der Waals surface area contributed by atoms with E-state index >= 15 is 0 Å². The predicted molar refractivity (Wildman–Crippen MR) is 236 cm³/mol. The molecule has 0 unspecified atom stereocenters. The minimum absolute atomic E-state index is 0.590. The molecule has 0 aliphatic heterocycles. The van der Waals surface area contributed by atoms with Crippen LogP contribution in [0.1, 0.15) is 0 Å². The smallest absolute Gasteiger partial charge is 0.164 e. The maximum absolute atomic E-state index is 6.68. The first-order valence-corrected chi connectivity index (χ1v) is 19.8. The van der Waals surface area contributed by atoms with E-state index in [1.54, 1.807) is 11.3 Å². The largest absolute Gasteiger partial charge is 0.456 e. The molecule has 0 aliphatic carbocycles. The Morgan fingerprint density at radius 1 is 0.386 bits per heavy atom. The Labute approximate surface area is 330 Å². The molecule has 57 heavy (non-hydrogen) atoms. The molecule has 0 radical (unpaired) electrons. The number of hydrogen-bond donors (Lipinski definition) is 0. The van der Waals surface area contributed by atoms with Gasteiger partial charge in [0.15, 0.2) is 17.5 Å². The minimum atomic E-state index is 0.590. The molecule has 266 valence electrons. The number of furan rings is 1. The Morgan fingerprint density at radius 3 is 1.91 bits per heavy atom. The first-order valence-electron chi connectivity index (χ1n) is 19.0. The van der Waals surface area contributed by atoms with Gasteiger partial charge in [0.2, 0.25) is 0 Å². The van der Waals surface area contributed by atoms with E-state index in [-0.39, 0.29) is 0 Å². The van der Waals surface area contributed by atoms with Crippen LogP contribution in [0.4, 0.5) is 0 Å². The molecule has 0 bridgehead atoms. The third-order valence-corrected chi connectivity index (χ3v) is 12.2. The third kappa shape index (κ3) is 5.12. The summed E-state index contributed by atoms with van der Waals surface area (Å²) in [6.45, 7) is 0. The zero-order valence-corrected chi connectivity index (χ0v) is 31.2. The quantitative estimate of drug-likeness (QED) is 0.176. The van der Waals surface area contributed by atoms with Gasteiger partial charge in [-0.1, -0.05) is 115 Å². The van der Waals surface area contributed by atoms with Crippen molar-refractivity contribution in [2.24, 2.45) is 0 Å². The summed E-state index contributed by atoms with van der Waals surface area (Å²) in [7, 11) is 0. The van der Waals surface area contributed by atoms with Crippen molar-refractivity contribution in [1.82, 2.24) is 19.5 Å². The molecule has 5 nitrogen and oxygen atoms in total. The van der Waals surface area contributed by atoms with Gasteiger partial charge in [0.25, 0.3) is 0 Å². The van der Waals surface area contributed by atoms with Gasteiger partial charge in [-0.2, -0.15) is 0 Å². The standard InChI is InChI=1S/C51H30N4OS/c1-3-13-31(14-4-1)32-15-11-16-33(27-32)49-52-50(34-25-26-47-40(28-34)37-20-8-10-24-46(37)57-47)54-51(53-49)38-21-12-23-44-48(38)41-29-43-39(30-45(41)56-44)36-19-7-9-22-42(36)55(43)35-17-5-2-6-18-35/h1-30H. The summed E-state index contributed by atoms with van der Waals surface area (Å²) in [6, 6.07) is 63.8. The highest BCUT2D eigenvalue weighted by molar-refractivity contribution is 7.25. The van der Waals surface area contributed by atoms with Gasteiger partial charge >= 0.3 is 0 Å². The van der Waals surface area contributed by atoms with Crippen molar-refractivity contribution in [3.63, 3.8) is 0 Å². The van der Waals surface area contributed by atoms with E-state index in [0.29, 0.717) is 17.5 Å². The number of aromatic nitrogens is 4. The van der Waals surface area contributed by atoms with Crippen molar-refractivity contribution >= 4 is 75.3 Å². The van der Waals surface area contributed by atoms with Crippen LogP contribution in [-0.4, -0.2) is 19.5 Å². The fourth-order valence-corrected chi connectivity index (χ4v) is 9.50. The van der Waals surface area contributed by atoms with E-state index in [1.807, 2.05) is 18.2 Å². The van der Waals surface area contributed by atoms with Gasteiger partial charge < -0.3 is 8.98 Å². The number of rotatable bonds is 5. The maximum Gasteiger partial charge on any atom is 0.164 e. The van der Waals surface area contributed by atoms with Gasteiger partial charge in [-0.3, -0.25) is 0 Å². The molecule has 0 saturated carbocycles. The lowest BCUT2D eigenvalue weighted by Crippen LogP contribution is -2.00. The topological polar surface area (TPSA) is 56.7 Å². The highest BCUT2D eigenvalue weighted by atomic mass is 32.1. The van der Waals surface area contributed by atoms with Crippen LogP contribution in [0.2, 0.25) is 0 Å². The molecule has 12 rings (SSSR count). The van der Waals surface area contributed by atoms with Crippen molar-refractivity contribution in [3.8, 4) is 51.0 Å². The summed E-state index contributed by atoms with van der Waals surface area (Å²) >= 11 is 1.80. The fourth-order valence-electron chi connectivity index (χ4n) is 8.42. The van der Waals surface area contributed by atoms with E-state index in [0.717, 1.165) is 71.9 Å². The summed E-state index contributed by atoms with van der Waals surface area (Å²) < 4.78 is 11.5. The zero-order valence-electron chi connectivity index (χ0n) is 30.4. The summed E-state index contributed by atoms with van der Waals surface area (Å²) in [5, 5.41) is 6.73. The Morgan fingerprint density at radius 2 is 1.05 bits per heavy atom. The summed E-state index contributed by atoms with van der Waals surface area (Å²) in [4.78, 5) is 15.8. The lowest BCUT2D eigenvalue weighted by atomic mass is 10.0. The van der Waals surface area contributed by atoms with Crippen molar-refractivity contribution in [2.75, 3.05) is 0 Å². The molecule has 12 aromatic rings. The van der Waals surface area contributed by atoms with Gasteiger partial charge in [-0.05, 0) is 77.9 Å². The van der Waals surface area contributed by atoms with Gasteiger partial charge in [0.1, 0.15) is 11.2 Å². The average Bonchev–Trinajstić information content (AvgIpc) is 3.95. The van der Waals surface area contributed by atoms with Crippen molar-refractivity contribution in [2.45, 2.75) is 0 Å². The molecule has 4 aromatic heterocycles. The maximum atomic E-state index is 6.68. The number of para-hydroxylation sites is 2. The Bertz CT molecular complexity index is 3530. The second kappa shape index (κ2) is 12.6. The molecule has 0 spiro atoms. The summed E-state index contributed by atoms with van der Waals surface area (Å²) in [6.07, 6.45) is 0. The Balaban J connectivity index is 1.11. The molecule has 0 aliphatic rings. The highest BCUT2D eigenvalue weighted by Gasteiger charge is 2.21. The summed E-state index contributed by atoms with van der Waals surface area (Å²) in [5.41, 5.74) is 9.95. The first-order chi connectivity index (χ1) is 28.2. The first kappa shape index (κ1) is 31.9. The van der Waals surface area contributed by atoms with Gasteiger partial charge in [-0.25, -0.2) is 15.0 Å². The molecule has 0 fully saturated rings. The van der Waals surface area contributed by atoms with E-state index in [9.17, 15) is 0 Å². The van der Waals surface area contributed by atoms with Crippen molar-refractivity contribution < 1.29 is 4.42 Å². The number of benzene rings is 8. The molecule has 0 atom stereocenters. The minimum Gasteiger partial charge on any atom is -0.456 e. The van der Waals surface area contributed by atoms with Crippen LogP contribution >= 0.6 is 11.3 Å². The van der Waals surface area contributed by atoms with Gasteiger partial charge in [0, 0.05) is 64.1 Å². The van der Waals surface area contributed by atoms with E-state index in [4.69, 9.17) is 19.4 Å². The van der Waals surface area contributed by atoms with Gasteiger partial charge in [0.05, 0.1) is 11.0 Å². The lowest BCUT2D eigenvalue weighted by Gasteiger charge is -2.11. The number of thiophene rings is 1. The average molecular weight is 747 g/mol. The molecule has 0 saturated heterocycles. The van der Waals surface area contributed by atoms with Crippen LogP contribution in [0.3, 0.4) is 0 Å². The highest BCUT2D eigenvalue weighted by Crippen LogP contribution is 2.42.